The van der Waals surface area contributed by atoms with Gasteiger partial charge in [0.25, 0.3) is 0 Å². The minimum atomic E-state index is -0.953. The molecule has 1 aliphatic carbocycles. The maximum absolute atomic E-state index is 12.3. The van der Waals surface area contributed by atoms with E-state index < -0.39 is 11.4 Å². The summed E-state index contributed by atoms with van der Waals surface area (Å²) in [5.74, 6) is 0.777. The van der Waals surface area contributed by atoms with Crippen molar-refractivity contribution in [3.05, 3.63) is 64.5 Å². The zero-order valence-electron chi connectivity index (χ0n) is 22.4. The molecule has 3 aromatic rings. The highest BCUT2D eigenvalue weighted by molar-refractivity contribution is 6.31. The Morgan fingerprint density at radius 1 is 1.22 bits per heavy atom. The molecule has 0 amide bonds. The average Bonchev–Trinajstić information content (AvgIpc) is 3.43. The van der Waals surface area contributed by atoms with Crippen LogP contribution < -0.4 is 0 Å². The van der Waals surface area contributed by atoms with E-state index >= 15 is 0 Å². The lowest BCUT2D eigenvalue weighted by Gasteiger charge is -2.31. The Kier molecular flexibility index (Phi) is 9.06. The number of carboxylic acids is 1. The van der Waals surface area contributed by atoms with E-state index in [1.807, 2.05) is 37.6 Å². The molecule has 7 nitrogen and oxygen atoms in total. The molecule has 2 aromatic heterocycles. The number of rotatable bonds is 11. The summed E-state index contributed by atoms with van der Waals surface area (Å²) in [5.41, 5.74) is 1.90. The molecular formula is C29H40ClN5O2. The van der Waals surface area contributed by atoms with Crippen molar-refractivity contribution in [2.45, 2.75) is 97.6 Å². The van der Waals surface area contributed by atoms with Crippen LogP contribution in [-0.4, -0.2) is 35.6 Å². The minimum Gasteiger partial charge on any atom is -0.481 e. The summed E-state index contributed by atoms with van der Waals surface area (Å²) in [5, 5.41) is 19.2. The van der Waals surface area contributed by atoms with Crippen molar-refractivity contribution < 1.29 is 9.90 Å². The largest absolute Gasteiger partial charge is 0.481 e. The van der Waals surface area contributed by atoms with Crippen molar-refractivity contribution in [1.82, 2.24) is 24.5 Å². The van der Waals surface area contributed by atoms with Crippen LogP contribution in [0.5, 0.6) is 0 Å². The van der Waals surface area contributed by atoms with E-state index in [9.17, 15) is 9.90 Å². The standard InChI is InChI=1S/C29H40ClN5O2/c1-4-35-20-24(32-33-35)12-13-25(29(2,3)28(36)37)22-11-14-26(30)23(18-22)19-34-16-15-31-27(34)17-21-9-7-5-6-8-10-21/h11,14-16,18,20-21,25H,4-10,12-13,17,19H2,1-3H3,(H,36,37). The number of aromatic nitrogens is 5. The van der Waals surface area contributed by atoms with Crippen LogP contribution in [-0.2, 0) is 30.7 Å². The maximum atomic E-state index is 12.3. The number of benzene rings is 1. The number of hydrogen-bond acceptors (Lipinski definition) is 4. The van der Waals surface area contributed by atoms with E-state index in [0.29, 0.717) is 30.3 Å². The van der Waals surface area contributed by atoms with E-state index in [4.69, 9.17) is 11.6 Å². The van der Waals surface area contributed by atoms with Crippen LogP contribution in [0.25, 0.3) is 0 Å². The van der Waals surface area contributed by atoms with Gasteiger partial charge in [0.1, 0.15) is 5.82 Å². The summed E-state index contributed by atoms with van der Waals surface area (Å²) in [6, 6.07) is 5.98. The van der Waals surface area contributed by atoms with Crippen molar-refractivity contribution in [3.8, 4) is 0 Å². The van der Waals surface area contributed by atoms with Gasteiger partial charge in [0, 0.05) is 36.6 Å². The maximum Gasteiger partial charge on any atom is 0.309 e. The van der Waals surface area contributed by atoms with Crippen molar-refractivity contribution in [2.24, 2.45) is 11.3 Å². The molecule has 200 valence electrons. The Labute approximate surface area is 225 Å². The molecule has 0 saturated heterocycles. The van der Waals surface area contributed by atoms with Crippen molar-refractivity contribution in [2.75, 3.05) is 0 Å². The number of carbonyl (C=O) groups is 1. The van der Waals surface area contributed by atoms with Gasteiger partial charge in [-0.25, -0.2) is 4.98 Å². The molecule has 0 spiro atoms. The van der Waals surface area contributed by atoms with E-state index in [1.165, 1.54) is 38.5 Å². The fraction of sp³-hybridized carbons (Fsp3) is 0.586. The Hall–Kier alpha value is -2.67. The first kappa shape index (κ1) is 27.4. The van der Waals surface area contributed by atoms with Crippen LogP contribution in [0.2, 0.25) is 5.02 Å². The third-order valence-electron chi connectivity index (χ3n) is 8.08. The smallest absolute Gasteiger partial charge is 0.309 e. The molecule has 1 aromatic carbocycles. The lowest BCUT2D eigenvalue weighted by atomic mass is 9.72. The topological polar surface area (TPSA) is 85.8 Å². The fourth-order valence-electron chi connectivity index (χ4n) is 5.61. The van der Waals surface area contributed by atoms with Gasteiger partial charge in [0.15, 0.2) is 0 Å². The molecule has 1 saturated carbocycles. The van der Waals surface area contributed by atoms with Crippen LogP contribution in [0, 0.1) is 11.3 Å². The van der Waals surface area contributed by atoms with E-state index in [1.54, 1.807) is 18.5 Å². The van der Waals surface area contributed by atoms with E-state index in [0.717, 1.165) is 35.6 Å². The average molecular weight is 526 g/mol. The number of aliphatic carboxylic acids is 1. The molecule has 1 atom stereocenters. The first-order valence-electron chi connectivity index (χ1n) is 13.7. The van der Waals surface area contributed by atoms with Gasteiger partial charge in [-0.1, -0.05) is 67.5 Å². The Balaban J connectivity index is 1.56. The van der Waals surface area contributed by atoms with Gasteiger partial charge in [0.05, 0.1) is 17.7 Å². The number of aryl methyl sites for hydroxylation is 2. The third-order valence-corrected chi connectivity index (χ3v) is 8.45. The predicted octanol–water partition coefficient (Wildman–Crippen LogP) is 6.54. The number of halogens is 1. The Morgan fingerprint density at radius 3 is 2.65 bits per heavy atom. The summed E-state index contributed by atoms with van der Waals surface area (Å²) in [7, 11) is 0. The Bertz CT molecular complexity index is 1180. The summed E-state index contributed by atoms with van der Waals surface area (Å²) < 4.78 is 4.00. The van der Waals surface area contributed by atoms with Crippen LogP contribution >= 0.6 is 11.6 Å². The zero-order valence-corrected chi connectivity index (χ0v) is 23.1. The van der Waals surface area contributed by atoms with Crippen LogP contribution in [0.4, 0.5) is 0 Å². The molecular weight excluding hydrogens is 486 g/mol. The third kappa shape index (κ3) is 6.81. The molecule has 37 heavy (non-hydrogen) atoms. The van der Waals surface area contributed by atoms with Crippen molar-refractivity contribution >= 4 is 17.6 Å². The molecule has 1 unspecified atom stereocenters. The number of carboxylic acid groups (broad SMARTS) is 1. The molecule has 0 bridgehead atoms. The normalized spacial score (nSPS) is 16.0. The number of hydrogen-bond donors (Lipinski definition) is 1. The molecule has 4 rings (SSSR count). The van der Waals surface area contributed by atoms with Gasteiger partial charge < -0.3 is 9.67 Å². The monoisotopic (exact) mass is 525 g/mol. The van der Waals surface area contributed by atoms with Gasteiger partial charge in [-0.05, 0) is 62.6 Å². The van der Waals surface area contributed by atoms with Gasteiger partial charge >= 0.3 is 5.97 Å². The van der Waals surface area contributed by atoms with Gasteiger partial charge in [-0.15, -0.1) is 5.10 Å². The van der Waals surface area contributed by atoms with E-state index in [-0.39, 0.29) is 5.92 Å². The summed E-state index contributed by atoms with van der Waals surface area (Å²) in [4.78, 5) is 17.0. The fourth-order valence-corrected chi connectivity index (χ4v) is 5.79. The van der Waals surface area contributed by atoms with Gasteiger partial charge in [-0.2, -0.15) is 0 Å². The first-order valence-corrected chi connectivity index (χ1v) is 14.1. The molecule has 1 fully saturated rings. The molecule has 0 radical (unpaired) electrons. The molecule has 2 heterocycles. The number of imidazole rings is 1. The summed E-state index contributed by atoms with van der Waals surface area (Å²) in [6.45, 7) is 7.01. The van der Waals surface area contributed by atoms with Crippen LogP contribution in [0.1, 0.15) is 94.3 Å². The van der Waals surface area contributed by atoms with Gasteiger partial charge in [0.2, 0.25) is 0 Å². The lowest BCUT2D eigenvalue weighted by molar-refractivity contribution is -0.148. The minimum absolute atomic E-state index is 0.207. The highest BCUT2D eigenvalue weighted by Gasteiger charge is 2.38. The van der Waals surface area contributed by atoms with E-state index in [2.05, 4.69) is 25.9 Å². The lowest BCUT2D eigenvalue weighted by Crippen LogP contribution is -2.32. The van der Waals surface area contributed by atoms with Crippen molar-refractivity contribution in [3.63, 3.8) is 0 Å². The SMILES string of the molecule is CCn1cc(CCC(c2ccc(Cl)c(Cn3ccnc3CC3CCCCCC3)c2)C(C)(C)C(=O)O)nn1. The predicted molar refractivity (Wildman–Crippen MR) is 146 cm³/mol. The molecule has 0 aliphatic heterocycles. The molecule has 8 heteroatoms. The second kappa shape index (κ2) is 12.2. The molecule has 1 aliphatic rings. The second-order valence-electron chi connectivity index (χ2n) is 11.1. The quantitative estimate of drug-likeness (QED) is 0.287. The number of nitrogens with zero attached hydrogens (tertiary/aromatic N) is 5. The highest BCUT2D eigenvalue weighted by Crippen LogP contribution is 2.40. The highest BCUT2D eigenvalue weighted by atomic mass is 35.5. The van der Waals surface area contributed by atoms with Gasteiger partial charge in [-0.3, -0.25) is 9.48 Å². The molecule has 1 N–H and O–H groups in total. The Morgan fingerprint density at radius 2 is 1.97 bits per heavy atom. The first-order chi connectivity index (χ1) is 17.8. The van der Waals surface area contributed by atoms with Crippen LogP contribution in [0.3, 0.4) is 0 Å². The summed E-state index contributed by atoms with van der Waals surface area (Å²) in [6.07, 6.45) is 16.0. The van der Waals surface area contributed by atoms with Crippen molar-refractivity contribution in [1.29, 1.82) is 0 Å². The second-order valence-corrected chi connectivity index (χ2v) is 11.5. The summed E-state index contributed by atoms with van der Waals surface area (Å²) >= 11 is 6.68. The van der Waals surface area contributed by atoms with Crippen LogP contribution in [0.15, 0.2) is 36.8 Å². The zero-order chi connectivity index (χ0) is 26.4.